The zero-order valence-electron chi connectivity index (χ0n) is 9.01. The zero-order valence-corrected chi connectivity index (χ0v) is 9.01. The lowest BCUT2D eigenvalue weighted by molar-refractivity contribution is 0.566. The van der Waals surface area contributed by atoms with Gasteiger partial charge in [0.2, 0.25) is 0 Å². The highest BCUT2D eigenvalue weighted by Crippen LogP contribution is 2.18. The van der Waals surface area contributed by atoms with Gasteiger partial charge in [-0.05, 0) is 19.4 Å². The first-order valence-corrected chi connectivity index (χ1v) is 5.04. The molecular weight excluding hydrogens is 186 g/mol. The normalized spacial score (nSPS) is 12.7. The molecule has 2 rings (SSSR count). The van der Waals surface area contributed by atoms with E-state index in [1.54, 1.807) is 0 Å². The molecule has 0 aliphatic carbocycles. The van der Waals surface area contributed by atoms with Gasteiger partial charge < -0.3 is 5.73 Å². The van der Waals surface area contributed by atoms with E-state index in [0.29, 0.717) is 5.82 Å². The standard InChI is InChI=1S/C12H15N3/c1-9-8-15(14-12(9)13)10(2)11-6-4-3-5-7-11/h3-8,10H,1-2H3,(H2,13,14). The van der Waals surface area contributed by atoms with Gasteiger partial charge in [-0.15, -0.1) is 0 Å². The van der Waals surface area contributed by atoms with Crippen molar-refractivity contribution in [2.24, 2.45) is 0 Å². The third kappa shape index (κ3) is 1.86. The van der Waals surface area contributed by atoms with E-state index in [0.717, 1.165) is 5.56 Å². The Kier molecular flexibility index (Phi) is 2.46. The van der Waals surface area contributed by atoms with Crippen LogP contribution < -0.4 is 5.73 Å². The van der Waals surface area contributed by atoms with Crippen LogP contribution in [0.15, 0.2) is 36.5 Å². The molecule has 1 unspecified atom stereocenters. The number of aryl methyl sites for hydroxylation is 1. The van der Waals surface area contributed by atoms with Crippen molar-refractivity contribution in [1.29, 1.82) is 0 Å². The minimum Gasteiger partial charge on any atom is -0.382 e. The van der Waals surface area contributed by atoms with Crippen molar-refractivity contribution in [2.45, 2.75) is 19.9 Å². The van der Waals surface area contributed by atoms with Crippen molar-refractivity contribution >= 4 is 5.82 Å². The van der Waals surface area contributed by atoms with Crippen molar-refractivity contribution in [3.8, 4) is 0 Å². The molecule has 0 aliphatic rings. The number of nitrogen functional groups attached to an aromatic ring is 1. The Morgan fingerprint density at radius 3 is 2.47 bits per heavy atom. The molecule has 0 radical (unpaired) electrons. The molecule has 0 amide bonds. The molecule has 0 spiro atoms. The first-order valence-electron chi connectivity index (χ1n) is 5.04. The number of nitrogens with zero attached hydrogens (tertiary/aromatic N) is 2. The van der Waals surface area contributed by atoms with Gasteiger partial charge >= 0.3 is 0 Å². The minimum absolute atomic E-state index is 0.224. The summed E-state index contributed by atoms with van der Waals surface area (Å²) in [4.78, 5) is 0. The van der Waals surface area contributed by atoms with Crippen LogP contribution in [0, 0.1) is 6.92 Å². The fraction of sp³-hybridized carbons (Fsp3) is 0.250. The van der Waals surface area contributed by atoms with E-state index < -0.39 is 0 Å². The summed E-state index contributed by atoms with van der Waals surface area (Å²) < 4.78 is 1.90. The third-order valence-corrected chi connectivity index (χ3v) is 2.63. The molecule has 0 bridgehead atoms. The van der Waals surface area contributed by atoms with Crippen LogP contribution in [0.5, 0.6) is 0 Å². The molecule has 1 aromatic heterocycles. The maximum atomic E-state index is 5.72. The fourth-order valence-corrected chi connectivity index (χ4v) is 1.58. The summed E-state index contributed by atoms with van der Waals surface area (Å²) in [5, 5.41) is 4.28. The smallest absolute Gasteiger partial charge is 0.148 e. The summed E-state index contributed by atoms with van der Waals surface area (Å²) in [5.74, 6) is 0.609. The minimum atomic E-state index is 0.224. The van der Waals surface area contributed by atoms with Gasteiger partial charge in [-0.3, -0.25) is 4.68 Å². The Balaban J connectivity index is 2.32. The molecule has 0 saturated heterocycles. The second-order valence-electron chi connectivity index (χ2n) is 3.76. The molecule has 78 valence electrons. The highest BCUT2D eigenvalue weighted by molar-refractivity contribution is 5.36. The van der Waals surface area contributed by atoms with Crippen LogP contribution in [0.1, 0.15) is 24.1 Å². The summed E-state index contributed by atoms with van der Waals surface area (Å²) in [5.41, 5.74) is 7.99. The Morgan fingerprint density at radius 1 is 1.27 bits per heavy atom. The average molecular weight is 201 g/mol. The van der Waals surface area contributed by atoms with Gasteiger partial charge in [0, 0.05) is 11.8 Å². The molecule has 2 aromatic rings. The molecule has 0 aliphatic heterocycles. The van der Waals surface area contributed by atoms with Crippen molar-refractivity contribution in [1.82, 2.24) is 9.78 Å². The van der Waals surface area contributed by atoms with Gasteiger partial charge in [0.1, 0.15) is 5.82 Å². The number of aromatic nitrogens is 2. The number of hydrogen-bond acceptors (Lipinski definition) is 2. The van der Waals surface area contributed by atoms with E-state index in [1.807, 2.05) is 36.0 Å². The Hall–Kier alpha value is -1.77. The predicted octanol–water partition coefficient (Wildman–Crippen LogP) is 2.38. The molecule has 0 saturated carbocycles. The van der Waals surface area contributed by atoms with E-state index in [1.165, 1.54) is 5.56 Å². The molecule has 15 heavy (non-hydrogen) atoms. The maximum Gasteiger partial charge on any atom is 0.148 e. The summed E-state index contributed by atoms with van der Waals surface area (Å²) in [6.45, 7) is 4.08. The summed E-state index contributed by atoms with van der Waals surface area (Å²) in [7, 11) is 0. The van der Waals surface area contributed by atoms with Crippen molar-refractivity contribution in [2.75, 3.05) is 5.73 Å². The van der Waals surface area contributed by atoms with Crippen LogP contribution in [0.2, 0.25) is 0 Å². The van der Waals surface area contributed by atoms with Gasteiger partial charge in [-0.2, -0.15) is 5.10 Å². The first-order chi connectivity index (χ1) is 7.18. The highest BCUT2D eigenvalue weighted by atomic mass is 15.3. The molecule has 1 heterocycles. The van der Waals surface area contributed by atoms with Crippen LogP contribution in [0.3, 0.4) is 0 Å². The summed E-state index contributed by atoms with van der Waals surface area (Å²) >= 11 is 0. The number of anilines is 1. The highest BCUT2D eigenvalue weighted by Gasteiger charge is 2.09. The Morgan fingerprint density at radius 2 is 1.93 bits per heavy atom. The quantitative estimate of drug-likeness (QED) is 0.810. The number of nitrogens with two attached hydrogens (primary N) is 1. The van der Waals surface area contributed by atoms with Crippen LogP contribution in [-0.2, 0) is 0 Å². The number of hydrogen-bond donors (Lipinski definition) is 1. The Bertz CT molecular complexity index is 426. The molecule has 1 aromatic carbocycles. The molecule has 1 atom stereocenters. The van der Waals surface area contributed by atoms with Crippen molar-refractivity contribution in [3.63, 3.8) is 0 Å². The van der Waals surface area contributed by atoms with E-state index >= 15 is 0 Å². The van der Waals surface area contributed by atoms with Gasteiger partial charge in [0.25, 0.3) is 0 Å². The lowest BCUT2D eigenvalue weighted by Gasteiger charge is -2.11. The average Bonchev–Trinajstić information content (AvgIpc) is 2.59. The van der Waals surface area contributed by atoms with Crippen LogP contribution in [0.4, 0.5) is 5.82 Å². The van der Waals surface area contributed by atoms with E-state index in [-0.39, 0.29) is 6.04 Å². The van der Waals surface area contributed by atoms with Crippen molar-refractivity contribution < 1.29 is 0 Å². The fourth-order valence-electron chi connectivity index (χ4n) is 1.58. The first kappa shape index (κ1) is 9.77. The van der Waals surface area contributed by atoms with E-state index in [4.69, 9.17) is 5.73 Å². The largest absolute Gasteiger partial charge is 0.382 e. The molecule has 0 fully saturated rings. The van der Waals surface area contributed by atoms with Crippen LogP contribution in [-0.4, -0.2) is 9.78 Å². The van der Waals surface area contributed by atoms with Crippen molar-refractivity contribution in [3.05, 3.63) is 47.7 Å². The lowest BCUT2D eigenvalue weighted by Crippen LogP contribution is -2.07. The Labute approximate surface area is 89.5 Å². The second kappa shape index (κ2) is 3.77. The second-order valence-corrected chi connectivity index (χ2v) is 3.76. The summed E-state index contributed by atoms with van der Waals surface area (Å²) in [6.07, 6.45) is 1.98. The molecule has 3 heteroatoms. The van der Waals surface area contributed by atoms with Gasteiger partial charge in [-0.25, -0.2) is 0 Å². The van der Waals surface area contributed by atoms with Gasteiger partial charge in [-0.1, -0.05) is 30.3 Å². The molecular formula is C12H15N3. The molecule has 2 N–H and O–H groups in total. The van der Waals surface area contributed by atoms with Crippen LogP contribution >= 0.6 is 0 Å². The number of rotatable bonds is 2. The topological polar surface area (TPSA) is 43.8 Å². The number of benzene rings is 1. The SMILES string of the molecule is Cc1cn(C(C)c2ccccc2)nc1N. The molecule has 3 nitrogen and oxygen atoms in total. The lowest BCUT2D eigenvalue weighted by atomic mass is 10.1. The zero-order chi connectivity index (χ0) is 10.8. The predicted molar refractivity (Wildman–Crippen MR) is 61.6 cm³/mol. The third-order valence-electron chi connectivity index (χ3n) is 2.63. The van der Waals surface area contributed by atoms with Gasteiger partial charge in [0.05, 0.1) is 6.04 Å². The maximum absolute atomic E-state index is 5.72. The van der Waals surface area contributed by atoms with Gasteiger partial charge in [0.15, 0.2) is 0 Å². The summed E-state index contributed by atoms with van der Waals surface area (Å²) in [6, 6.07) is 10.5. The van der Waals surface area contributed by atoms with Crippen LogP contribution in [0.25, 0.3) is 0 Å². The van der Waals surface area contributed by atoms with E-state index in [2.05, 4.69) is 24.2 Å². The monoisotopic (exact) mass is 201 g/mol. The van der Waals surface area contributed by atoms with E-state index in [9.17, 15) is 0 Å².